The van der Waals surface area contributed by atoms with Gasteiger partial charge in [0.15, 0.2) is 5.78 Å². The average Bonchev–Trinajstić information content (AvgIpc) is 2.58. The number of aromatic nitrogens is 1. The molecule has 0 atom stereocenters. The summed E-state index contributed by atoms with van der Waals surface area (Å²) in [6, 6.07) is 5.74. The van der Waals surface area contributed by atoms with E-state index in [1.807, 2.05) is 42.8 Å². The van der Waals surface area contributed by atoms with E-state index in [-0.39, 0.29) is 5.78 Å². The topological polar surface area (TPSA) is 48.0 Å². The molecule has 1 heterocycles. The van der Waals surface area contributed by atoms with Gasteiger partial charge >= 0.3 is 0 Å². The molecule has 3 nitrogen and oxygen atoms in total. The Morgan fingerprint density at radius 1 is 1.33 bits per heavy atom. The molecule has 18 heavy (non-hydrogen) atoms. The van der Waals surface area contributed by atoms with Crippen LogP contribution in [0.2, 0.25) is 0 Å². The van der Waals surface area contributed by atoms with Gasteiger partial charge in [0.1, 0.15) is 0 Å². The average molecular weight is 307 g/mol. The SMILES string of the molecule is CC(=O)c1c(C)cn(-c2ccc(N)c(Br)c2)c1C. The molecule has 2 N–H and O–H groups in total. The highest BCUT2D eigenvalue weighted by Gasteiger charge is 2.14. The van der Waals surface area contributed by atoms with Crippen LogP contribution in [-0.2, 0) is 0 Å². The van der Waals surface area contributed by atoms with E-state index in [4.69, 9.17) is 5.73 Å². The van der Waals surface area contributed by atoms with Crippen LogP contribution in [0, 0.1) is 13.8 Å². The molecule has 0 spiro atoms. The highest BCUT2D eigenvalue weighted by atomic mass is 79.9. The molecule has 0 saturated heterocycles. The van der Waals surface area contributed by atoms with E-state index in [0.717, 1.165) is 27.0 Å². The van der Waals surface area contributed by atoms with Crippen LogP contribution < -0.4 is 5.73 Å². The third kappa shape index (κ3) is 2.08. The zero-order valence-corrected chi connectivity index (χ0v) is 12.2. The number of benzene rings is 1. The molecule has 0 radical (unpaired) electrons. The lowest BCUT2D eigenvalue weighted by atomic mass is 10.1. The molecule has 0 aliphatic carbocycles. The van der Waals surface area contributed by atoms with Gasteiger partial charge in [-0.25, -0.2) is 0 Å². The van der Waals surface area contributed by atoms with Crippen molar-refractivity contribution in [3.05, 3.63) is 45.7 Å². The largest absolute Gasteiger partial charge is 0.398 e. The Morgan fingerprint density at radius 2 is 2.00 bits per heavy atom. The van der Waals surface area contributed by atoms with Crippen LogP contribution in [0.5, 0.6) is 0 Å². The quantitative estimate of drug-likeness (QED) is 0.680. The van der Waals surface area contributed by atoms with Crippen LogP contribution >= 0.6 is 15.9 Å². The first kappa shape index (κ1) is 12.9. The number of carbonyl (C=O) groups excluding carboxylic acids is 1. The minimum Gasteiger partial charge on any atom is -0.398 e. The van der Waals surface area contributed by atoms with E-state index in [9.17, 15) is 4.79 Å². The van der Waals surface area contributed by atoms with Gasteiger partial charge in [0.2, 0.25) is 0 Å². The first-order chi connectivity index (χ1) is 8.41. The van der Waals surface area contributed by atoms with Gasteiger partial charge in [-0.3, -0.25) is 4.79 Å². The smallest absolute Gasteiger partial charge is 0.161 e. The fourth-order valence-electron chi connectivity index (χ4n) is 2.23. The number of nitrogens with zero attached hydrogens (tertiary/aromatic N) is 1. The Morgan fingerprint density at radius 3 is 2.50 bits per heavy atom. The van der Waals surface area contributed by atoms with Gasteiger partial charge in [0.05, 0.1) is 0 Å². The minimum absolute atomic E-state index is 0.0956. The van der Waals surface area contributed by atoms with Crippen molar-refractivity contribution in [3.8, 4) is 5.69 Å². The molecule has 2 rings (SSSR count). The second kappa shape index (κ2) is 4.61. The molecule has 0 unspecified atom stereocenters. The van der Waals surface area contributed by atoms with Crippen LogP contribution in [0.15, 0.2) is 28.9 Å². The molecule has 2 aromatic rings. The van der Waals surface area contributed by atoms with Gasteiger partial charge < -0.3 is 10.3 Å². The highest BCUT2D eigenvalue weighted by Crippen LogP contribution is 2.26. The second-order valence-corrected chi connectivity index (χ2v) is 5.26. The molecule has 0 fully saturated rings. The van der Waals surface area contributed by atoms with E-state index in [0.29, 0.717) is 5.69 Å². The molecular weight excluding hydrogens is 292 g/mol. The number of anilines is 1. The van der Waals surface area contributed by atoms with Crippen molar-refractivity contribution in [2.24, 2.45) is 0 Å². The lowest BCUT2D eigenvalue weighted by molar-refractivity contribution is 0.101. The van der Waals surface area contributed by atoms with Gasteiger partial charge in [-0.1, -0.05) is 0 Å². The van der Waals surface area contributed by atoms with Gasteiger partial charge in [0.25, 0.3) is 0 Å². The van der Waals surface area contributed by atoms with Gasteiger partial charge in [-0.2, -0.15) is 0 Å². The maximum absolute atomic E-state index is 11.6. The number of hydrogen-bond acceptors (Lipinski definition) is 2. The number of halogens is 1. The predicted octanol–water partition coefficient (Wildman–Crippen LogP) is 3.64. The van der Waals surface area contributed by atoms with E-state index in [1.54, 1.807) is 6.92 Å². The lowest BCUT2D eigenvalue weighted by Gasteiger charge is -2.08. The molecule has 0 bridgehead atoms. The minimum atomic E-state index is 0.0956. The predicted molar refractivity (Wildman–Crippen MR) is 77.4 cm³/mol. The van der Waals surface area contributed by atoms with E-state index in [1.165, 1.54) is 0 Å². The van der Waals surface area contributed by atoms with Crippen molar-refractivity contribution >= 4 is 27.4 Å². The van der Waals surface area contributed by atoms with Crippen molar-refractivity contribution in [2.45, 2.75) is 20.8 Å². The summed E-state index contributed by atoms with van der Waals surface area (Å²) in [6.45, 7) is 5.50. The van der Waals surface area contributed by atoms with E-state index >= 15 is 0 Å². The molecule has 1 aromatic carbocycles. The van der Waals surface area contributed by atoms with Gasteiger partial charge in [0, 0.05) is 33.3 Å². The number of aryl methyl sites for hydroxylation is 1. The van der Waals surface area contributed by atoms with E-state index < -0.39 is 0 Å². The zero-order chi connectivity index (χ0) is 13.4. The monoisotopic (exact) mass is 306 g/mol. The Labute approximate surface area is 115 Å². The molecular formula is C14H15BrN2O. The number of nitrogens with two attached hydrogens (primary N) is 1. The standard InChI is InChI=1S/C14H15BrN2O/c1-8-7-17(9(2)14(8)10(3)18)11-4-5-13(16)12(15)6-11/h4-7H,16H2,1-3H3. The molecule has 0 aliphatic rings. The molecule has 94 valence electrons. The fourth-order valence-corrected chi connectivity index (χ4v) is 2.59. The first-order valence-corrected chi connectivity index (χ1v) is 6.46. The summed E-state index contributed by atoms with van der Waals surface area (Å²) in [6.07, 6.45) is 1.98. The first-order valence-electron chi connectivity index (χ1n) is 5.66. The van der Waals surface area contributed by atoms with Crippen molar-refractivity contribution in [2.75, 3.05) is 5.73 Å². The Kier molecular flexibility index (Phi) is 3.30. The summed E-state index contributed by atoms with van der Waals surface area (Å²) < 4.78 is 2.87. The highest BCUT2D eigenvalue weighted by molar-refractivity contribution is 9.10. The van der Waals surface area contributed by atoms with Crippen molar-refractivity contribution in [1.29, 1.82) is 0 Å². The van der Waals surface area contributed by atoms with Crippen LogP contribution in [-0.4, -0.2) is 10.4 Å². The molecule has 4 heteroatoms. The van der Waals surface area contributed by atoms with Crippen LogP contribution in [0.25, 0.3) is 5.69 Å². The van der Waals surface area contributed by atoms with Crippen LogP contribution in [0.3, 0.4) is 0 Å². The van der Waals surface area contributed by atoms with Crippen molar-refractivity contribution < 1.29 is 4.79 Å². The number of rotatable bonds is 2. The lowest BCUT2D eigenvalue weighted by Crippen LogP contribution is -2.00. The third-order valence-electron chi connectivity index (χ3n) is 3.05. The number of hydrogen-bond donors (Lipinski definition) is 1. The maximum Gasteiger partial charge on any atom is 0.161 e. The summed E-state index contributed by atoms with van der Waals surface area (Å²) in [7, 11) is 0. The van der Waals surface area contributed by atoms with Gasteiger partial charge in [-0.05, 0) is 60.5 Å². The number of carbonyl (C=O) groups is 1. The molecule has 0 aliphatic heterocycles. The number of ketones is 1. The van der Waals surface area contributed by atoms with Crippen LogP contribution in [0.4, 0.5) is 5.69 Å². The number of Topliss-reactive ketones (excluding diaryl/α,β-unsaturated/α-hetero) is 1. The second-order valence-electron chi connectivity index (χ2n) is 4.40. The molecule has 0 amide bonds. The van der Waals surface area contributed by atoms with E-state index in [2.05, 4.69) is 15.9 Å². The Hall–Kier alpha value is -1.55. The summed E-state index contributed by atoms with van der Waals surface area (Å²) in [4.78, 5) is 11.6. The zero-order valence-electron chi connectivity index (χ0n) is 10.6. The summed E-state index contributed by atoms with van der Waals surface area (Å²) in [5.41, 5.74) is 10.2. The van der Waals surface area contributed by atoms with Crippen molar-refractivity contribution in [3.63, 3.8) is 0 Å². The summed E-state index contributed by atoms with van der Waals surface area (Å²) in [5, 5.41) is 0. The van der Waals surface area contributed by atoms with Crippen LogP contribution in [0.1, 0.15) is 28.5 Å². The van der Waals surface area contributed by atoms with Crippen molar-refractivity contribution in [1.82, 2.24) is 4.57 Å². The number of nitrogen functional groups attached to an aromatic ring is 1. The van der Waals surface area contributed by atoms with Gasteiger partial charge in [-0.15, -0.1) is 0 Å². The molecule has 1 aromatic heterocycles. The maximum atomic E-state index is 11.6. The normalized spacial score (nSPS) is 10.7. The summed E-state index contributed by atoms with van der Waals surface area (Å²) in [5.74, 6) is 0.0956. The fraction of sp³-hybridized carbons (Fsp3) is 0.214. The Bertz CT molecular complexity index is 629. The third-order valence-corrected chi connectivity index (χ3v) is 3.74. The Balaban J connectivity index is 2.61. The summed E-state index contributed by atoms with van der Waals surface area (Å²) >= 11 is 3.42. The molecule has 0 saturated carbocycles.